The average molecular weight is 364 g/mol. The molecule has 6 heteroatoms. The Labute approximate surface area is 128 Å². The van der Waals surface area contributed by atoms with E-state index in [2.05, 4.69) is 21.2 Å². The maximum Gasteiger partial charge on any atom is 0.416 e. The second-order valence-corrected chi connectivity index (χ2v) is 6.42. The van der Waals surface area contributed by atoms with Crippen molar-refractivity contribution in [2.75, 3.05) is 5.32 Å². The van der Waals surface area contributed by atoms with Gasteiger partial charge >= 0.3 is 6.18 Å². The van der Waals surface area contributed by atoms with Crippen LogP contribution in [0.4, 0.5) is 18.9 Å². The third-order valence-corrected chi connectivity index (χ3v) is 4.83. The van der Waals surface area contributed by atoms with Crippen molar-refractivity contribution in [3.05, 3.63) is 50.1 Å². The van der Waals surface area contributed by atoms with Gasteiger partial charge in [0.15, 0.2) is 0 Å². The van der Waals surface area contributed by atoms with Crippen molar-refractivity contribution in [1.29, 1.82) is 0 Å². The Bertz CT molecular complexity index is 607. The molecule has 2 aromatic rings. The van der Waals surface area contributed by atoms with Gasteiger partial charge in [0, 0.05) is 20.4 Å². The van der Waals surface area contributed by atoms with Gasteiger partial charge < -0.3 is 5.32 Å². The second kappa shape index (κ2) is 5.77. The molecule has 0 bridgehead atoms. The van der Waals surface area contributed by atoms with E-state index in [1.54, 1.807) is 18.3 Å². The predicted octanol–water partition coefficient (Wildman–Crippen LogP) is 6.01. The third-order valence-electron chi connectivity index (χ3n) is 2.95. The van der Waals surface area contributed by atoms with Crippen LogP contribution in [0.3, 0.4) is 0 Å². The van der Waals surface area contributed by atoms with Crippen LogP contribution in [0.25, 0.3) is 0 Å². The highest BCUT2D eigenvalue weighted by Crippen LogP contribution is 2.34. The van der Waals surface area contributed by atoms with Crippen molar-refractivity contribution in [1.82, 2.24) is 0 Å². The van der Waals surface area contributed by atoms with E-state index in [1.165, 1.54) is 6.07 Å². The van der Waals surface area contributed by atoms with Gasteiger partial charge in [-0.2, -0.15) is 13.2 Å². The largest absolute Gasteiger partial charge is 0.416 e. The van der Waals surface area contributed by atoms with Crippen LogP contribution in [0.5, 0.6) is 0 Å². The summed E-state index contributed by atoms with van der Waals surface area (Å²) in [6.45, 7) is 3.72. The first-order chi connectivity index (χ1) is 9.27. The minimum absolute atomic E-state index is 0.0477. The van der Waals surface area contributed by atoms with Gasteiger partial charge in [-0.3, -0.25) is 0 Å². The molecule has 0 fully saturated rings. The van der Waals surface area contributed by atoms with Crippen LogP contribution >= 0.6 is 27.3 Å². The molecule has 1 heterocycles. The normalized spacial score (nSPS) is 13.3. The molecule has 1 nitrogen and oxygen atoms in total. The fourth-order valence-electron chi connectivity index (χ4n) is 1.81. The van der Waals surface area contributed by atoms with E-state index in [0.29, 0.717) is 5.69 Å². The van der Waals surface area contributed by atoms with Crippen LogP contribution in [-0.4, -0.2) is 0 Å². The fourth-order valence-corrected chi connectivity index (χ4v) is 3.27. The van der Waals surface area contributed by atoms with E-state index in [9.17, 15) is 13.2 Å². The molecular formula is C14H13BrF3NS. The Kier molecular flexibility index (Phi) is 4.44. The number of benzene rings is 1. The summed E-state index contributed by atoms with van der Waals surface area (Å²) in [5.41, 5.74) is 0.669. The number of hydrogen-bond donors (Lipinski definition) is 1. The minimum atomic E-state index is -4.32. The van der Waals surface area contributed by atoms with Crippen molar-refractivity contribution in [2.24, 2.45) is 0 Å². The zero-order chi connectivity index (χ0) is 14.9. The first kappa shape index (κ1) is 15.4. The van der Waals surface area contributed by atoms with Crippen LogP contribution in [-0.2, 0) is 6.18 Å². The lowest BCUT2D eigenvalue weighted by Gasteiger charge is -2.17. The molecule has 1 aromatic heterocycles. The summed E-state index contributed by atoms with van der Waals surface area (Å²) in [5.74, 6) is 0. The summed E-state index contributed by atoms with van der Waals surface area (Å²) >= 11 is 4.93. The third kappa shape index (κ3) is 3.55. The van der Waals surface area contributed by atoms with Gasteiger partial charge in [0.2, 0.25) is 0 Å². The molecule has 0 aliphatic carbocycles. The number of anilines is 1. The van der Waals surface area contributed by atoms with E-state index >= 15 is 0 Å². The summed E-state index contributed by atoms with van der Waals surface area (Å²) in [5, 5.41) is 5.09. The zero-order valence-electron chi connectivity index (χ0n) is 10.9. The van der Waals surface area contributed by atoms with Crippen molar-refractivity contribution < 1.29 is 13.2 Å². The Hall–Kier alpha value is -1.01. The molecule has 108 valence electrons. The number of hydrogen-bond acceptors (Lipinski definition) is 2. The Morgan fingerprint density at radius 1 is 1.25 bits per heavy atom. The Morgan fingerprint density at radius 2 is 1.95 bits per heavy atom. The lowest BCUT2D eigenvalue weighted by molar-refractivity contribution is -0.137. The highest BCUT2D eigenvalue weighted by molar-refractivity contribution is 9.10. The van der Waals surface area contributed by atoms with Crippen LogP contribution in [0.1, 0.15) is 29.0 Å². The van der Waals surface area contributed by atoms with E-state index in [0.717, 1.165) is 27.0 Å². The molecule has 1 atom stereocenters. The van der Waals surface area contributed by atoms with Gasteiger partial charge in [-0.05, 0) is 53.5 Å². The standard InChI is InChI=1S/C14H13BrF3NS/c1-8-3-4-10(14(16,17)18)5-12(8)19-9(2)13-6-11(15)7-20-13/h3-7,9,19H,1-2H3. The monoisotopic (exact) mass is 363 g/mol. The number of aryl methyl sites for hydroxylation is 1. The molecule has 0 aliphatic heterocycles. The first-order valence-corrected chi connectivity index (χ1v) is 7.63. The van der Waals surface area contributed by atoms with Crippen molar-refractivity contribution in [2.45, 2.75) is 26.1 Å². The van der Waals surface area contributed by atoms with E-state index in [4.69, 9.17) is 0 Å². The summed E-state index contributed by atoms with van der Waals surface area (Å²) in [6, 6.07) is 5.67. The molecule has 1 unspecified atom stereocenters. The Balaban J connectivity index is 2.24. The van der Waals surface area contributed by atoms with Crippen LogP contribution < -0.4 is 5.32 Å². The molecule has 0 amide bonds. The molecule has 20 heavy (non-hydrogen) atoms. The number of rotatable bonds is 3. The van der Waals surface area contributed by atoms with Gasteiger partial charge in [-0.1, -0.05) is 6.07 Å². The van der Waals surface area contributed by atoms with Crippen LogP contribution in [0, 0.1) is 6.92 Å². The maximum atomic E-state index is 12.7. The summed E-state index contributed by atoms with van der Waals surface area (Å²) in [4.78, 5) is 1.06. The summed E-state index contributed by atoms with van der Waals surface area (Å²) < 4.78 is 39.2. The molecule has 1 aromatic carbocycles. The summed E-state index contributed by atoms with van der Waals surface area (Å²) in [6.07, 6.45) is -4.32. The highest BCUT2D eigenvalue weighted by Gasteiger charge is 2.30. The number of nitrogens with one attached hydrogen (secondary N) is 1. The first-order valence-electron chi connectivity index (χ1n) is 5.95. The highest BCUT2D eigenvalue weighted by atomic mass is 79.9. The van der Waals surface area contributed by atoms with Crippen molar-refractivity contribution >= 4 is 33.0 Å². The van der Waals surface area contributed by atoms with Crippen LogP contribution in [0.15, 0.2) is 34.1 Å². The quantitative estimate of drug-likeness (QED) is 0.703. The van der Waals surface area contributed by atoms with Gasteiger partial charge in [0.1, 0.15) is 0 Å². The zero-order valence-corrected chi connectivity index (χ0v) is 13.3. The molecule has 2 rings (SSSR count). The van der Waals surface area contributed by atoms with E-state index in [-0.39, 0.29) is 6.04 Å². The lowest BCUT2D eigenvalue weighted by Crippen LogP contribution is -2.09. The molecule has 0 aliphatic rings. The van der Waals surface area contributed by atoms with Crippen molar-refractivity contribution in [3.63, 3.8) is 0 Å². The van der Waals surface area contributed by atoms with E-state index < -0.39 is 11.7 Å². The van der Waals surface area contributed by atoms with Gasteiger partial charge in [-0.15, -0.1) is 11.3 Å². The van der Waals surface area contributed by atoms with Gasteiger partial charge in [-0.25, -0.2) is 0 Å². The number of halogens is 4. The smallest absolute Gasteiger partial charge is 0.377 e. The number of thiophene rings is 1. The second-order valence-electron chi connectivity index (χ2n) is 4.56. The molecule has 0 radical (unpaired) electrons. The topological polar surface area (TPSA) is 12.0 Å². The molecule has 0 saturated heterocycles. The average Bonchev–Trinajstić information content (AvgIpc) is 2.77. The molecule has 0 saturated carbocycles. The maximum absolute atomic E-state index is 12.7. The van der Waals surface area contributed by atoms with Crippen molar-refractivity contribution in [3.8, 4) is 0 Å². The molecule has 1 N–H and O–H groups in total. The SMILES string of the molecule is Cc1ccc(C(F)(F)F)cc1NC(C)c1cc(Br)cs1. The van der Waals surface area contributed by atoms with Gasteiger partial charge in [0.05, 0.1) is 11.6 Å². The summed E-state index contributed by atoms with van der Waals surface area (Å²) in [7, 11) is 0. The molecule has 0 spiro atoms. The van der Waals surface area contributed by atoms with E-state index in [1.807, 2.05) is 18.4 Å². The van der Waals surface area contributed by atoms with Gasteiger partial charge in [0.25, 0.3) is 0 Å². The lowest BCUT2D eigenvalue weighted by atomic mass is 10.1. The number of alkyl halides is 3. The fraction of sp³-hybridized carbons (Fsp3) is 0.286. The van der Waals surface area contributed by atoms with Crippen LogP contribution in [0.2, 0.25) is 0 Å². The molecular weight excluding hydrogens is 351 g/mol. The predicted molar refractivity (Wildman–Crippen MR) is 80.2 cm³/mol. The minimum Gasteiger partial charge on any atom is -0.377 e. The Morgan fingerprint density at radius 3 is 2.50 bits per heavy atom.